The van der Waals surface area contributed by atoms with Crippen molar-refractivity contribution >= 4 is 43.8 Å². The Morgan fingerprint density at radius 3 is 2.00 bits per heavy atom. The van der Waals surface area contributed by atoms with E-state index in [1.165, 1.54) is 24.3 Å². The molecule has 0 amide bonds. The first-order valence-electron chi connectivity index (χ1n) is 8.99. The number of hydrogen-bond acceptors (Lipinski definition) is 9. The highest BCUT2D eigenvalue weighted by Crippen LogP contribution is 2.28. The maximum atomic E-state index is 11.9. The van der Waals surface area contributed by atoms with Crippen LogP contribution in [0, 0.1) is 10.1 Å². The van der Waals surface area contributed by atoms with Gasteiger partial charge in [0.2, 0.25) is 0 Å². The molecule has 0 heterocycles. The molecule has 0 bridgehead atoms. The minimum Gasteiger partial charge on any atom is -0.397 e. The van der Waals surface area contributed by atoms with Gasteiger partial charge in [0.05, 0.1) is 16.3 Å². The second-order valence-electron chi connectivity index (χ2n) is 6.50. The average molecular weight is 507 g/mol. The van der Waals surface area contributed by atoms with Gasteiger partial charge < -0.3 is 5.73 Å². The Morgan fingerprint density at radius 1 is 1.00 bits per heavy atom. The standard InChI is InChI=1S/C20H18N4O8S2/c1-3-4-18(13(2)21)23-22-16-9-7-14(19(11-16)33(27,28)29)5-6-15-8-10-17(24(25)26)12-20(15)34(30,31)32/h3-12H,1-2,21H2,(H,27,28,29)(H,30,31,32)/b6-5+,18-4-,23-22?. The van der Waals surface area contributed by atoms with E-state index in [-0.39, 0.29) is 28.2 Å². The Labute approximate surface area is 194 Å². The number of nitro benzene ring substituents is 1. The fourth-order valence-electron chi connectivity index (χ4n) is 2.55. The first kappa shape index (κ1) is 26.3. The molecule has 4 N–H and O–H groups in total. The maximum absolute atomic E-state index is 11.9. The van der Waals surface area contributed by atoms with E-state index in [0.717, 1.165) is 30.4 Å². The van der Waals surface area contributed by atoms with Crippen LogP contribution in [0.5, 0.6) is 0 Å². The number of nitro groups is 1. The van der Waals surface area contributed by atoms with Gasteiger partial charge in [-0.15, -0.1) is 5.11 Å². The molecule has 14 heteroatoms. The lowest BCUT2D eigenvalue weighted by atomic mass is 10.1. The van der Waals surface area contributed by atoms with Gasteiger partial charge in [-0.25, -0.2) is 0 Å². The fourth-order valence-corrected chi connectivity index (χ4v) is 3.96. The van der Waals surface area contributed by atoms with Gasteiger partial charge in [0.1, 0.15) is 15.5 Å². The predicted octanol–water partition coefficient (Wildman–Crippen LogP) is 3.88. The zero-order chi connectivity index (χ0) is 25.7. The molecule has 0 spiro atoms. The van der Waals surface area contributed by atoms with Crippen LogP contribution in [0.3, 0.4) is 0 Å². The van der Waals surface area contributed by atoms with E-state index in [0.29, 0.717) is 6.07 Å². The maximum Gasteiger partial charge on any atom is 0.295 e. The first-order chi connectivity index (χ1) is 15.7. The number of nitrogens with two attached hydrogens (primary N) is 1. The molecule has 0 fully saturated rings. The van der Waals surface area contributed by atoms with Crippen molar-refractivity contribution in [2.24, 2.45) is 16.0 Å². The molecular weight excluding hydrogens is 488 g/mol. The van der Waals surface area contributed by atoms with Gasteiger partial charge in [0.15, 0.2) is 0 Å². The van der Waals surface area contributed by atoms with E-state index >= 15 is 0 Å². The second kappa shape index (κ2) is 10.3. The van der Waals surface area contributed by atoms with E-state index in [4.69, 9.17) is 5.73 Å². The van der Waals surface area contributed by atoms with E-state index in [2.05, 4.69) is 23.4 Å². The van der Waals surface area contributed by atoms with Crippen LogP contribution in [-0.4, -0.2) is 30.9 Å². The van der Waals surface area contributed by atoms with E-state index in [1.54, 1.807) is 0 Å². The molecule has 0 aromatic heterocycles. The topological polar surface area (TPSA) is 203 Å². The molecule has 0 aliphatic rings. The summed E-state index contributed by atoms with van der Waals surface area (Å²) in [5, 5.41) is 18.6. The van der Waals surface area contributed by atoms with Gasteiger partial charge in [0, 0.05) is 12.1 Å². The largest absolute Gasteiger partial charge is 0.397 e. The van der Waals surface area contributed by atoms with E-state index in [9.17, 15) is 36.1 Å². The van der Waals surface area contributed by atoms with Crippen molar-refractivity contribution in [3.8, 4) is 0 Å². The molecule has 2 aromatic rings. The van der Waals surface area contributed by atoms with Crippen molar-refractivity contribution in [3.05, 3.63) is 94.3 Å². The Hall–Kier alpha value is -3.98. The Morgan fingerprint density at radius 2 is 1.53 bits per heavy atom. The van der Waals surface area contributed by atoms with Gasteiger partial charge in [0.25, 0.3) is 25.9 Å². The van der Waals surface area contributed by atoms with Crippen molar-refractivity contribution in [2.45, 2.75) is 9.79 Å². The first-order valence-corrected chi connectivity index (χ1v) is 11.9. The SMILES string of the molecule is C=C/C=C(\N=Nc1ccc(/C=C/c2ccc([N+](=O)[O-])cc2S(=O)(=O)O)c(S(=O)(=O)O)c1)C(=C)N. The fraction of sp³-hybridized carbons (Fsp3) is 0. The Bertz CT molecular complexity index is 1470. The number of allylic oxidation sites excluding steroid dienone is 2. The number of non-ortho nitro benzene ring substituents is 1. The summed E-state index contributed by atoms with van der Waals surface area (Å²) in [6.07, 6.45) is 5.04. The summed E-state index contributed by atoms with van der Waals surface area (Å²) in [5.41, 5.74) is 5.01. The molecule has 0 unspecified atom stereocenters. The minimum atomic E-state index is -4.85. The molecule has 0 saturated heterocycles. The number of rotatable bonds is 9. The molecule has 178 valence electrons. The molecule has 0 radical (unpaired) electrons. The molecule has 0 aliphatic carbocycles. The van der Waals surface area contributed by atoms with Crippen molar-refractivity contribution in [3.63, 3.8) is 0 Å². The third-order valence-electron chi connectivity index (χ3n) is 4.08. The molecule has 0 aliphatic heterocycles. The molecular formula is C20H18N4O8S2. The van der Waals surface area contributed by atoms with Crippen LogP contribution in [0.15, 0.2) is 93.1 Å². The van der Waals surface area contributed by atoms with Gasteiger partial charge in [-0.1, -0.05) is 37.5 Å². The summed E-state index contributed by atoms with van der Waals surface area (Å²) in [4.78, 5) is 8.71. The normalized spacial score (nSPS) is 12.8. The summed E-state index contributed by atoms with van der Waals surface area (Å²) in [7, 11) is -9.61. The number of nitrogens with zero attached hydrogens (tertiary/aromatic N) is 3. The van der Waals surface area contributed by atoms with Crippen molar-refractivity contribution < 1.29 is 30.9 Å². The molecule has 2 rings (SSSR count). The van der Waals surface area contributed by atoms with Gasteiger partial charge in [-0.05, 0) is 35.4 Å². The van der Waals surface area contributed by atoms with E-state index in [1.807, 2.05) is 0 Å². The lowest BCUT2D eigenvalue weighted by molar-refractivity contribution is -0.385. The summed E-state index contributed by atoms with van der Waals surface area (Å²) in [6.45, 7) is 7.01. The minimum absolute atomic E-state index is 0.0231. The highest BCUT2D eigenvalue weighted by molar-refractivity contribution is 7.86. The lowest BCUT2D eigenvalue weighted by Crippen LogP contribution is -2.02. The zero-order valence-corrected chi connectivity index (χ0v) is 18.9. The summed E-state index contributed by atoms with van der Waals surface area (Å²) >= 11 is 0. The van der Waals surface area contributed by atoms with Crippen LogP contribution in [0.2, 0.25) is 0 Å². The summed E-state index contributed by atoms with van der Waals surface area (Å²) in [6, 6.07) is 6.31. The Kier molecular flexibility index (Phi) is 7.96. The highest BCUT2D eigenvalue weighted by Gasteiger charge is 2.20. The zero-order valence-electron chi connectivity index (χ0n) is 17.3. The number of azo groups is 1. The third-order valence-corrected chi connectivity index (χ3v) is 5.90. The molecule has 34 heavy (non-hydrogen) atoms. The van der Waals surface area contributed by atoms with Crippen LogP contribution in [0.4, 0.5) is 11.4 Å². The predicted molar refractivity (Wildman–Crippen MR) is 124 cm³/mol. The van der Waals surface area contributed by atoms with Crippen LogP contribution in [-0.2, 0) is 20.2 Å². The van der Waals surface area contributed by atoms with Gasteiger partial charge in [-0.2, -0.15) is 21.9 Å². The average Bonchev–Trinajstić information content (AvgIpc) is 2.73. The highest BCUT2D eigenvalue weighted by atomic mass is 32.2. The summed E-state index contributed by atoms with van der Waals surface area (Å²) in [5.74, 6) is 0. The smallest absolute Gasteiger partial charge is 0.295 e. The molecule has 12 nitrogen and oxygen atoms in total. The summed E-state index contributed by atoms with van der Waals surface area (Å²) < 4.78 is 66.1. The van der Waals surface area contributed by atoms with Crippen molar-refractivity contribution in [1.82, 2.24) is 0 Å². The third kappa shape index (κ3) is 6.76. The van der Waals surface area contributed by atoms with Crippen LogP contribution in [0.25, 0.3) is 12.2 Å². The van der Waals surface area contributed by atoms with Crippen LogP contribution < -0.4 is 5.73 Å². The number of benzene rings is 2. The van der Waals surface area contributed by atoms with Gasteiger partial charge >= 0.3 is 0 Å². The Balaban J connectivity index is 2.57. The van der Waals surface area contributed by atoms with Gasteiger partial charge in [-0.3, -0.25) is 19.2 Å². The monoisotopic (exact) mass is 506 g/mol. The molecule has 2 aromatic carbocycles. The molecule has 0 saturated carbocycles. The second-order valence-corrected chi connectivity index (χ2v) is 9.28. The molecule has 0 atom stereocenters. The quantitative estimate of drug-likeness (QED) is 0.113. The lowest BCUT2D eigenvalue weighted by Gasteiger charge is -2.06. The van der Waals surface area contributed by atoms with Crippen molar-refractivity contribution in [2.75, 3.05) is 0 Å². The van der Waals surface area contributed by atoms with Crippen molar-refractivity contribution in [1.29, 1.82) is 0 Å². The van der Waals surface area contributed by atoms with E-state index < -0.39 is 40.6 Å². The number of hydrogen-bond donors (Lipinski definition) is 3. The van der Waals surface area contributed by atoms with Crippen LogP contribution >= 0.6 is 0 Å². The van der Waals surface area contributed by atoms with Crippen LogP contribution in [0.1, 0.15) is 11.1 Å².